The molecular formula is C25H38N4. The van der Waals surface area contributed by atoms with Gasteiger partial charge < -0.3 is 4.98 Å². The molecule has 4 heteroatoms. The number of aromatic nitrogens is 1. The Kier molecular flexibility index (Phi) is 8.08. The van der Waals surface area contributed by atoms with E-state index in [1.165, 1.54) is 60.1 Å². The summed E-state index contributed by atoms with van der Waals surface area (Å²) in [5.74, 6) is 0.554. The van der Waals surface area contributed by atoms with Crippen molar-refractivity contribution in [1.82, 2.24) is 14.8 Å². The number of fused-ring (bicyclic) bond motifs is 1. The van der Waals surface area contributed by atoms with Gasteiger partial charge in [-0.05, 0) is 57.7 Å². The molecule has 1 aliphatic heterocycles. The molecule has 1 saturated heterocycles. The third kappa shape index (κ3) is 6.28. The second kappa shape index (κ2) is 10.7. The van der Waals surface area contributed by atoms with Crippen molar-refractivity contribution in [3.63, 3.8) is 0 Å². The maximum absolute atomic E-state index is 4.83. The second-order valence-electron chi connectivity index (χ2n) is 8.73. The zero-order valence-electron chi connectivity index (χ0n) is 18.7. The van der Waals surface area contributed by atoms with E-state index in [1.54, 1.807) is 0 Å². The molecule has 1 fully saturated rings. The number of allylic oxidation sites excluding steroid dienone is 1. The molecule has 0 radical (unpaired) electrons. The first-order chi connectivity index (χ1) is 14.1. The van der Waals surface area contributed by atoms with Crippen LogP contribution < -0.4 is 0 Å². The van der Waals surface area contributed by atoms with Crippen LogP contribution in [-0.4, -0.2) is 53.8 Å². The van der Waals surface area contributed by atoms with Crippen LogP contribution in [0.15, 0.2) is 47.2 Å². The van der Waals surface area contributed by atoms with E-state index in [0.29, 0.717) is 5.92 Å². The molecule has 2 heterocycles. The number of aromatic amines is 1. The Bertz CT molecular complexity index is 832. The SMILES string of the molecule is CCCCC(Cc1c[nH]c2ccccc12)/C(C)=C/N=C(\C)CCN1CCN(C)C1. The van der Waals surface area contributed by atoms with E-state index < -0.39 is 0 Å². The third-order valence-corrected chi connectivity index (χ3v) is 6.21. The highest BCUT2D eigenvalue weighted by Gasteiger charge is 2.16. The Morgan fingerprint density at radius 3 is 2.83 bits per heavy atom. The summed E-state index contributed by atoms with van der Waals surface area (Å²) < 4.78 is 0. The molecule has 0 saturated carbocycles. The molecule has 0 aliphatic carbocycles. The average molecular weight is 395 g/mol. The molecule has 0 amide bonds. The molecule has 29 heavy (non-hydrogen) atoms. The van der Waals surface area contributed by atoms with E-state index in [0.717, 1.165) is 26.1 Å². The fraction of sp³-hybridized carbons (Fsp3) is 0.560. The summed E-state index contributed by atoms with van der Waals surface area (Å²) in [6.45, 7) is 11.3. The van der Waals surface area contributed by atoms with Gasteiger partial charge in [-0.2, -0.15) is 0 Å². The molecule has 1 unspecified atom stereocenters. The Morgan fingerprint density at radius 2 is 2.07 bits per heavy atom. The number of para-hydroxylation sites is 1. The first-order valence-electron chi connectivity index (χ1n) is 11.2. The summed E-state index contributed by atoms with van der Waals surface area (Å²) in [6, 6.07) is 8.62. The molecule has 1 aromatic carbocycles. The van der Waals surface area contributed by atoms with Crippen LogP contribution in [-0.2, 0) is 6.42 Å². The third-order valence-electron chi connectivity index (χ3n) is 6.21. The quantitative estimate of drug-likeness (QED) is 0.542. The summed E-state index contributed by atoms with van der Waals surface area (Å²) >= 11 is 0. The van der Waals surface area contributed by atoms with Gasteiger partial charge >= 0.3 is 0 Å². The van der Waals surface area contributed by atoms with Gasteiger partial charge in [-0.3, -0.25) is 14.8 Å². The maximum Gasteiger partial charge on any atom is 0.0504 e. The van der Waals surface area contributed by atoms with Crippen molar-refractivity contribution in [3.05, 3.63) is 47.8 Å². The van der Waals surface area contributed by atoms with Crippen molar-refractivity contribution in [2.75, 3.05) is 33.4 Å². The monoisotopic (exact) mass is 394 g/mol. The van der Waals surface area contributed by atoms with Gasteiger partial charge in [0.25, 0.3) is 0 Å². The van der Waals surface area contributed by atoms with Gasteiger partial charge in [0.1, 0.15) is 0 Å². The highest BCUT2D eigenvalue weighted by atomic mass is 15.4. The number of H-pyrrole nitrogens is 1. The normalized spacial score (nSPS) is 18.1. The first kappa shape index (κ1) is 21.8. The van der Waals surface area contributed by atoms with E-state index >= 15 is 0 Å². The average Bonchev–Trinajstić information content (AvgIpc) is 3.33. The number of nitrogens with zero attached hydrogens (tertiary/aromatic N) is 3. The molecular weight excluding hydrogens is 356 g/mol. The first-order valence-corrected chi connectivity index (χ1v) is 11.2. The molecule has 1 aliphatic rings. The lowest BCUT2D eigenvalue weighted by molar-refractivity contribution is 0.281. The van der Waals surface area contributed by atoms with Gasteiger partial charge in [-0.25, -0.2) is 0 Å². The number of hydrogen-bond donors (Lipinski definition) is 1. The van der Waals surface area contributed by atoms with Gasteiger partial charge in [-0.1, -0.05) is 43.5 Å². The molecule has 3 rings (SSSR count). The number of hydrogen-bond acceptors (Lipinski definition) is 3. The summed E-state index contributed by atoms with van der Waals surface area (Å²) in [7, 11) is 2.19. The van der Waals surface area contributed by atoms with Crippen molar-refractivity contribution in [2.45, 2.75) is 52.9 Å². The lowest BCUT2D eigenvalue weighted by Gasteiger charge is -2.17. The van der Waals surface area contributed by atoms with Crippen LogP contribution in [0, 0.1) is 5.92 Å². The van der Waals surface area contributed by atoms with Crippen molar-refractivity contribution >= 4 is 16.6 Å². The summed E-state index contributed by atoms with van der Waals surface area (Å²) in [6.07, 6.45) is 10.2. The minimum atomic E-state index is 0.554. The minimum absolute atomic E-state index is 0.554. The van der Waals surface area contributed by atoms with Crippen LogP contribution in [0.5, 0.6) is 0 Å². The molecule has 1 N–H and O–H groups in total. The van der Waals surface area contributed by atoms with Crippen LogP contribution in [0.25, 0.3) is 10.9 Å². The summed E-state index contributed by atoms with van der Waals surface area (Å²) in [4.78, 5) is 13.1. The number of rotatable bonds is 10. The molecule has 1 aromatic heterocycles. The van der Waals surface area contributed by atoms with Gasteiger partial charge in [0.15, 0.2) is 0 Å². The zero-order chi connectivity index (χ0) is 20.6. The second-order valence-corrected chi connectivity index (χ2v) is 8.73. The lowest BCUT2D eigenvalue weighted by Crippen LogP contribution is -2.25. The zero-order valence-corrected chi connectivity index (χ0v) is 18.7. The summed E-state index contributed by atoms with van der Waals surface area (Å²) in [5.41, 5.74) is 5.30. The smallest absolute Gasteiger partial charge is 0.0504 e. The topological polar surface area (TPSA) is 34.6 Å². The molecule has 0 spiro atoms. The highest BCUT2D eigenvalue weighted by molar-refractivity contribution is 5.83. The lowest BCUT2D eigenvalue weighted by atomic mass is 9.88. The molecule has 158 valence electrons. The fourth-order valence-corrected chi connectivity index (χ4v) is 4.19. The number of unbranched alkanes of at least 4 members (excludes halogenated alkanes) is 1. The van der Waals surface area contributed by atoms with E-state index in [2.05, 4.69) is 79.3 Å². The number of nitrogens with one attached hydrogen (secondary N) is 1. The van der Waals surface area contributed by atoms with Crippen molar-refractivity contribution in [3.8, 4) is 0 Å². The van der Waals surface area contributed by atoms with E-state index in [9.17, 15) is 0 Å². The number of benzene rings is 1. The molecule has 2 aromatic rings. The van der Waals surface area contributed by atoms with Gasteiger partial charge in [-0.15, -0.1) is 0 Å². The Labute approximate surface area is 176 Å². The minimum Gasteiger partial charge on any atom is -0.361 e. The fourth-order valence-electron chi connectivity index (χ4n) is 4.19. The van der Waals surface area contributed by atoms with E-state index in [4.69, 9.17) is 4.99 Å². The van der Waals surface area contributed by atoms with Crippen molar-refractivity contribution in [2.24, 2.45) is 10.9 Å². The highest BCUT2D eigenvalue weighted by Crippen LogP contribution is 2.27. The van der Waals surface area contributed by atoms with Crippen LogP contribution in [0.2, 0.25) is 0 Å². The van der Waals surface area contributed by atoms with Crippen LogP contribution in [0.3, 0.4) is 0 Å². The van der Waals surface area contributed by atoms with Crippen LogP contribution >= 0.6 is 0 Å². The molecule has 0 bridgehead atoms. The van der Waals surface area contributed by atoms with E-state index in [-0.39, 0.29) is 0 Å². The molecule has 4 nitrogen and oxygen atoms in total. The van der Waals surface area contributed by atoms with Crippen molar-refractivity contribution in [1.29, 1.82) is 0 Å². The maximum atomic E-state index is 4.83. The van der Waals surface area contributed by atoms with Crippen LogP contribution in [0.1, 0.15) is 52.0 Å². The standard InChI is InChI=1S/C25H38N4/c1-5-6-9-22(16-23-18-27-25-11-8-7-10-24(23)25)20(2)17-26-21(3)12-13-29-15-14-28(4)19-29/h7-8,10-11,17-18,22,27H,5-6,9,12-16,19H2,1-4H3/b20-17+,26-21+. The van der Waals surface area contributed by atoms with Crippen LogP contribution in [0.4, 0.5) is 0 Å². The number of likely N-dealkylation sites (N-methyl/N-ethyl adjacent to an activating group) is 1. The van der Waals surface area contributed by atoms with Gasteiger partial charge in [0.2, 0.25) is 0 Å². The summed E-state index contributed by atoms with van der Waals surface area (Å²) in [5, 5.41) is 1.36. The van der Waals surface area contributed by atoms with E-state index in [1.807, 2.05) is 0 Å². The number of aliphatic imine (C=N–C) groups is 1. The van der Waals surface area contributed by atoms with Gasteiger partial charge in [0, 0.05) is 48.6 Å². The predicted octanol–water partition coefficient (Wildman–Crippen LogP) is 5.48. The Morgan fingerprint density at radius 1 is 1.24 bits per heavy atom. The van der Waals surface area contributed by atoms with Crippen molar-refractivity contribution < 1.29 is 0 Å². The predicted molar refractivity (Wildman–Crippen MR) is 126 cm³/mol. The largest absolute Gasteiger partial charge is 0.361 e. The molecule has 1 atom stereocenters. The van der Waals surface area contributed by atoms with Gasteiger partial charge in [0.05, 0.1) is 6.67 Å². The Hall–Kier alpha value is -1.91. The Balaban J connectivity index is 1.63.